The van der Waals surface area contributed by atoms with Gasteiger partial charge in [-0.1, -0.05) is 26.7 Å². The number of aliphatic hydroxyl groups is 1. The van der Waals surface area contributed by atoms with E-state index >= 15 is 0 Å². The van der Waals surface area contributed by atoms with Crippen LogP contribution in [0.4, 0.5) is 0 Å². The molecule has 1 saturated carbocycles. The van der Waals surface area contributed by atoms with E-state index in [9.17, 15) is 9.90 Å². The van der Waals surface area contributed by atoms with Gasteiger partial charge < -0.3 is 9.84 Å². The molecule has 1 aliphatic carbocycles. The summed E-state index contributed by atoms with van der Waals surface area (Å²) in [6, 6.07) is 0. The molecule has 0 aromatic heterocycles. The number of carbonyl (C=O) groups excluding carboxylic acids is 1. The normalized spacial score (nSPS) is 31.3. The minimum atomic E-state index is -0.450. The summed E-state index contributed by atoms with van der Waals surface area (Å²) >= 11 is 0. The average Bonchev–Trinajstić information content (AvgIpc) is 2.23. The van der Waals surface area contributed by atoms with E-state index in [1.807, 2.05) is 0 Å². The van der Waals surface area contributed by atoms with Gasteiger partial charge >= 0.3 is 5.97 Å². The maximum absolute atomic E-state index is 11.2. The van der Waals surface area contributed by atoms with Crippen molar-refractivity contribution in [3.8, 4) is 0 Å². The van der Waals surface area contributed by atoms with Gasteiger partial charge in [0.05, 0.1) is 6.10 Å². The monoisotopic (exact) mass is 214 g/mol. The first-order chi connectivity index (χ1) is 7.17. The van der Waals surface area contributed by atoms with E-state index in [1.165, 1.54) is 6.42 Å². The zero-order valence-corrected chi connectivity index (χ0v) is 9.74. The fourth-order valence-electron chi connectivity index (χ4n) is 2.25. The quantitative estimate of drug-likeness (QED) is 0.730. The molecule has 0 aromatic carbocycles. The van der Waals surface area contributed by atoms with Crippen molar-refractivity contribution in [1.82, 2.24) is 0 Å². The number of carbonyl (C=O) groups is 1. The van der Waals surface area contributed by atoms with E-state index in [-0.39, 0.29) is 12.1 Å². The molecule has 0 amide bonds. The summed E-state index contributed by atoms with van der Waals surface area (Å²) < 4.78 is 5.24. The Kier molecular flexibility index (Phi) is 5.09. The number of hydrogen-bond acceptors (Lipinski definition) is 3. The Hall–Kier alpha value is -0.570. The van der Waals surface area contributed by atoms with Crippen molar-refractivity contribution in [2.24, 2.45) is 5.92 Å². The Morgan fingerprint density at radius 2 is 2.13 bits per heavy atom. The molecule has 1 fully saturated rings. The van der Waals surface area contributed by atoms with Gasteiger partial charge in [-0.05, 0) is 25.2 Å². The van der Waals surface area contributed by atoms with Crippen molar-refractivity contribution in [2.45, 2.75) is 64.6 Å². The first-order valence-electron chi connectivity index (χ1n) is 6.04. The fourth-order valence-corrected chi connectivity index (χ4v) is 2.25. The lowest BCUT2D eigenvalue weighted by Crippen LogP contribution is -2.37. The highest BCUT2D eigenvalue weighted by molar-refractivity contribution is 5.69. The van der Waals surface area contributed by atoms with Gasteiger partial charge in [-0.15, -0.1) is 0 Å². The van der Waals surface area contributed by atoms with E-state index in [4.69, 9.17) is 4.74 Å². The molecule has 15 heavy (non-hydrogen) atoms. The highest BCUT2D eigenvalue weighted by Gasteiger charge is 2.31. The summed E-state index contributed by atoms with van der Waals surface area (Å²) in [7, 11) is 0. The number of hydrogen-bond donors (Lipinski definition) is 1. The van der Waals surface area contributed by atoms with Crippen molar-refractivity contribution in [3.05, 3.63) is 0 Å². The van der Waals surface area contributed by atoms with Crippen LogP contribution in [0.25, 0.3) is 0 Å². The van der Waals surface area contributed by atoms with E-state index < -0.39 is 6.10 Å². The van der Waals surface area contributed by atoms with Crippen LogP contribution in [-0.4, -0.2) is 23.3 Å². The third-order valence-corrected chi connectivity index (χ3v) is 3.13. The average molecular weight is 214 g/mol. The maximum atomic E-state index is 11.2. The molecular formula is C12H22O3. The van der Waals surface area contributed by atoms with Crippen molar-refractivity contribution >= 4 is 5.97 Å². The third-order valence-electron chi connectivity index (χ3n) is 3.13. The molecule has 1 rings (SSSR count). The molecule has 0 bridgehead atoms. The number of ether oxygens (including phenoxy) is 1. The van der Waals surface area contributed by atoms with Crippen LogP contribution >= 0.6 is 0 Å². The second kappa shape index (κ2) is 6.11. The largest absolute Gasteiger partial charge is 0.460 e. The molecule has 0 saturated heterocycles. The first kappa shape index (κ1) is 12.5. The van der Waals surface area contributed by atoms with E-state index in [0.29, 0.717) is 12.3 Å². The number of aliphatic hydroxyl groups excluding tert-OH is 1. The lowest BCUT2D eigenvalue weighted by Gasteiger charge is -2.32. The standard InChI is InChI=1S/C12H22O3/c1-3-5-9-6-7-10(13)11(8-9)15-12(14)4-2/h9-11,13H,3-8H2,1-2H3. The Bertz CT molecular complexity index is 203. The Labute approximate surface area is 91.8 Å². The highest BCUT2D eigenvalue weighted by Crippen LogP contribution is 2.30. The second-order valence-corrected chi connectivity index (χ2v) is 4.42. The van der Waals surface area contributed by atoms with Crippen LogP contribution in [0.2, 0.25) is 0 Å². The minimum Gasteiger partial charge on any atom is -0.460 e. The lowest BCUT2D eigenvalue weighted by atomic mass is 9.83. The van der Waals surface area contributed by atoms with Crippen LogP contribution < -0.4 is 0 Å². The lowest BCUT2D eigenvalue weighted by molar-refractivity contribution is -0.158. The molecule has 0 aliphatic heterocycles. The molecular weight excluding hydrogens is 192 g/mol. The van der Waals surface area contributed by atoms with Gasteiger partial charge in [0.25, 0.3) is 0 Å². The van der Waals surface area contributed by atoms with Crippen LogP contribution in [0, 0.1) is 5.92 Å². The van der Waals surface area contributed by atoms with Crippen LogP contribution in [0.15, 0.2) is 0 Å². The summed E-state index contributed by atoms with van der Waals surface area (Å²) in [4.78, 5) is 11.2. The summed E-state index contributed by atoms with van der Waals surface area (Å²) in [5.41, 5.74) is 0. The molecule has 0 aromatic rings. The topological polar surface area (TPSA) is 46.5 Å². The molecule has 3 nitrogen and oxygen atoms in total. The molecule has 1 N–H and O–H groups in total. The van der Waals surface area contributed by atoms with Crippen LogP contribution in [0.3, 0.4) is 0 Å². The fraction of sp³-hybridized carbons (Fsp3) is 0.917. The third kappa shape index (κ3) is 3.82. The molecule has 88 valence electrons. The molecule has 0 heterocycles. The predicted molar refractivity (Wildman–Crippen MR) is 58.4 cm³/mol. The van der Waals surface area contributed by atoms with E-state index in [1.54, 1.807) is 6.92 Å². The molecule has 0 spiro atoms. The van der Waals surface area contributed by atoms with E-state index in [0.717, 1.165) is 25.7 Å². The molecule has 3 heteroatoms. The Morgan fingerprint density at radius 3 is 2.73 bits per heavy atom. The predicted octanol–water partition coefficient (Wildman–Crippen LogP) is 2.27. The second-order valence-electron chi connectivity index (χ2n) is 4.42. The molecule has 3 atom stereocenters. The Balaban J connectivity index is 2.42. The number of esters is 1. The minimum absolute atomic E-state index is 0.198. The molecule has 0 radical (unpaired) electrons. The smallest absolute Gasteiger partial charge is 0.305 e. The summed E-state index contributed by atoms with van der Waals surface area (Å²) in [5, 5.41) is 9.72. The van der Waals surface area contributed by atoms with Gasteiger partial charge in [0.2, 0.25) is 0 Å². The van der Waals surface area contributed by atoms with Gasteiger partial charge in [-0.25, -0.2) is 0 Å². The van der Waals surface area contributed by atoms with Gasteiger partial charge in [0.15, 0.2) is 0 Å². The van der Waals surface area contributed by atoms with Gasteiger partial charge in [0, 0.05) is 6.42 Å². The zero-order valence-electron chi connectivity index (χ0n) is 9.74. The van der Waals surface area contributed by atoms with Crippen LogP contribution in [-0.2, 0) is 9.53 Å². The van der Waals surface area contributed by atoms with Crippen molar-refractivity contribution < 1.29 is 14.6 Å². The van der Waals surface area contributed by atoms with Gasteiger partial charge in [0.1, 0.15) is 6.10 Å². The summed E-state index contributed by atoms with van der Waals surface area (Å²) in [6.45, 7) is 3.94. The van der Waals surface area contributed by atoms with Crippen molar-refractivity contribution in [2.75, 3.05) is 0 Å². The van der Waals surface area contributed by atoms with Gasteiger partial charge in [-0.3, -0.25) is 4.79 Å². The van der Waals surface area contributed by atoms with Crippen LogP contribution in [0.5, 0.6) is 0 Å². The van der Waals surface area contributed by atoms with E-state index in [2.05, 4.69) is 6.92 Å². The SMILES string of the molecule is CCCC1CCC(O)C(OC(=O)CC)C1. The zero-order chi connectivity index (χ0) is 11.3. The molecule has 3 unspecified atom stereocenters. The van der Waals surface area contributed by atoms with Crippen molar-refractivity contribution in [1.29, 1.82) is 0 Å². The summed E-state index contributed by atoms with van der Waals surface area (Å²) in [5.74, 6) is 0.421. The van der Waals surface area contributed by atoms with Crippen LogP contribution in [0.1, 0.15) is 52.4 Å². The maximum Gasteiger partial charge on any atom is 0.305 e. The number of rotatable bonds is 4. The Morgan fingerprint density at radius 1 is 1.40 bits per heavy atom. The highest BCUT2D eigenvalue weighted by atomic mass is 16.6. The van der Waals surface area contributed by atoms with Crippen molar-refractivity contribution in [3.63, 3.8) is 0 Å². The summed E-state index contributed by atoms with van der Waals surface area (Å²) in [6.07, 6.45) is 4.68. The van der Waals surface area contributed by atoms with Gasteiger partial charge in [-0.2, -0.15) is 0 Å². The molecule has 1 aliphatic rings. The first-order valence-corrected chi connectivity index (χ1v) is 6.04.